The molecule has 0 saturated carbocycles. The topological polar surface area (TPSA) is 28.2 Å². The molecule has 1 aromatic heterocycles. The molecule has 3 nitrogen and oxygen atoms in total. The lowest BCUT2D eigenvalue weighted by Crippen LogP contribution is -2.29. The monoisotopic (exact) mass is 437 g/mol. The molecule has 2 heterocycles. The molecule has 3 aromatic carbocycles. The second kappa shape index (κ2) is 8.18. The third-order valence-electron chi connectivity index (χ3n) is 5.95. The zero-order valence-corrected chi connectivity index (χ0v) is 18.8. The molecule has 0 amide bonds. The van der Waals surface area contributed by atoms with Crippen LogP contribution in [0, 0.1) is 0 Å². The lowest BCUT2D eigenvalue weighted by atomic mass is 9.94. The summed E-state index contributed by atoms with van der Waals surface area (Å²) >= 11 is 6.63. The number of aryl methyl sites for hydroxylation is 1. The van der Waals surface area contributed by atoms with Crippen molar-refractivity contribution < 1.29 is 0 Å². The molecule has 158 valence electrons. The molecule has 4 heteroatoms. The first kappa shape index (κ1) is 20.3. The molecule has 1 aliphatic heterocycles. The van der Waals surface area contributed by atoms with E-state index in [1.165, 1.54) is 5.56 Å². The number of benzene rings is 3. The van der Waals surface area contributed by atoms with Crippen LogP contribution >= 0.6 is 11.6 Å². The van der Waals surface area contributed by atoms with Gasteiger partial charge in [-0.05, 0) is 29.7 Å². The Bertz CT molecular complexity index is 1370. The molecule has 0 spiro atoms. The highest BCUT2D eigenvalue weighted by Gasteiger charge is 2.26. The van der Waals surface area contributed by atoms with Gasteiger partial charge >= 0.3 is 0 Å². The predicted octanol–water partition coefficient (Wildman–Crippen LogP) is 7.88. The third-order valence-corrected chi connectivity index (χ3v) is 6.26. The van der Waals surface area contributed by atoms with Crippen molar-refractivity contribution in [2.45, 2.75) is 19.8 Å². The number of nitrogens with one attached hydrogen (secondary N) is 1. The van der Waals surface area contributed by atoms with Crippen LogP contribution in [0.4, 0.5) is 11.4 Å². The molecule has 0 bridgehead atoms. The molecule has 1 N–H and O–H groups in total. The van der Waals surface area contributed by atoms with Crippen molar-refractivity contribution in [3.63, 3.8) is 0 Å². The Kier molecular flexibility index (Phi) is 5.20. The summed E-state index contributed by atoms with van der Waals surface area (Å²) in [6, 6.07) is 20.7. The van der Waals surface area contributed by atoms with Crippen LogP contribution in [0.5, 0.6) is 0 Å². The second-order valence-electron chi connectivity index (χ2n) is 8.02. The number of halogens is 1. The number of nitrogens with zero attached hydrogens (tertiary/aromatic N) is 2. The van der Waals surface area contributed by atoms with E-state index in [2.05, 4.69) is 66.8 Å². The second-order valence-corrected chi connectivity index (χ2v) is 8.43. The van der Waals surface area contributed by atoms with E-state index in [4.69, 9.17) is 11.6 Å². The molecule has 0 saturated heterocycles. The zero-order chi connectivity index (χ0) is 22.2. The quantitative estimate of drug-likeness (QED) is 0.352. The highest BCUT2D eigenvalue weighted by molar-refractivity contribution is 6.33. The number of rotatable bonds is 4. The molecular weight excluding hydrogens is 414 g/mol. The van der Waals surface area contributed by atoms with Gasteiger partial charge in [-0.2, -0.15) is 0 Å². The van der Waals surface area contributed by atoms with Gasteiger partial charge in [-0.3, -0.25) is 9.88 Å². The van der Waals surface area contributed by atoms with E-state index < -0.39 is 0 Å². The number of aromatic nitrogens is 1. The van der Waals surface area contributed by atoms with Crippen LogP contribution in [0.1, 0.15) is 24.5 Å². The van der Waals surface area contributed by atoms with Gasteiger partial charge in [0.2, 0.25) is 0 Å². The highest BCUT2D eigenvalue weighted by Crippen LogP contribution is 2.42. The summed E-state index contributed by atoms with van der Waals surface area (Å²) in [7, 11) is 0. The Morgan fingerprint density at radius 2 is 1.84 bits per heavy atom. The average Bonchev–Trinajstić information content (AvgIpc) is 2.79. The fraction of sp³-hybridized carbons (Fsp3) is 0.107. The van der Waals surface area contributed by atoms with Gasteiger partial charge in [0.1, 0.15) is 5.82 Å². The Hall–Kier alpha value is -3.56. The van der Waals surface area contributed by atoms with Crippen molar-refractivity contribution in [1.82, 2.24) is 4.98 Å². The van der Waals surface area contributed by atoms with Crippen LogP contribution in [-0.4, -0.2) is 4.98 Å². The maximum absolute atomic E-state index is 6.63. The first-order valence-corrected chi connectivity index (χ1v) is 11.2. The fourth-order valence-corrected chi connectivity index (χ4v) is 4.79. The van der Waals surface area contributed by atoms with Crippen molar-refractivity contribution >= 4 is 39.4 Å². The van der Waals surface area contributed by atoms with E-state index in [0.29, 0.717) is 0 Å². The van der Waals surface area contributed by atoms with Crippen LogP contribution in [0.2, 0.25) is 5.02 Å². The maximum atomic E-state index is 6.63. The van der Waals surface area contributed by atoms with Crippen molar-refractivity contribution in [2.24, 2.45) is 0 Å². The summed E-state index contributed by atoms with van der Waals surface area (Å²) < 4.78 is 0. The van der Waals surface area contributed by atoms with E-state index in [-0.39, 0.29) is 0 Å². The molecule has 0 unspecified atom stereocenters. The van der Waals surface area contributed by atoms with Gasteiger partial charge in [-0.25, -0.2) is 0 Å². The van der Waals surface area contributed by atoms with Gasteiger partial charge in [-0.1, -0.05) is 86.6 Å². The number of pyridine rings is 1. The first-order chi connectivity index (χ1) is 15.6. The zero-order valence-electron chi connectivity index (χ0n) is 18.0. The van der Waals surface area contributed by atoms with E-state index in [0.717, 1.165) is 68.2 Å². The van der Waals surface area contributed by atoms with Crippen LogP contribution in [0.3, 0.4) is 0 Å². The molecule has 5 rings (SSSR count). The molecule has 1 aliphatic rings. The van der Waals surface area contributed by atoms with Crippen molar-refractivity contribution in [1.29, 1.82) is 0 Å². The van der Waals surface area contributed by atoms with Gasteiger partial charge in [-0.15, -0.1) is 0 Å². The highest BCUT2D eigenvalue weighted by atomic mass is 35.5. The minimum atomic E-state index is 0.741. The van der Waals surface area contributed by atoms with Crippen molar-refractivity contribution in [2.75, 3.05) is 10.2 Å². The smallest absolute Gasteiger partial charge is 0.108 e. The van der Waals surface area contributed by atoms with E-state index in [1.807, 2.05) is 41.6 Å². The summed E-state index contributed by atoms with van der Waals surface area (Å²) in [5.74, 6) is 0.741. The molecular formula is C28H24ClN3. The molecule has 32 heavy (non-hydrogen) atoms. The van der Waals surface area contributed by atoms with Crippen LogP contribution in [-0.2, 0) is 6.42 Å². The lowest BCUT2D eigenvalue weighted by molar-refractivity contribution is 0.924. The van der Waals surface area contributed by atoms with Crippen molar-refractivity contribution in [3.05, 3.63) is 108 Å². The number of hydrogen-bond donors (Lipinski definition) is 1. The van der Waals surface area contributed by atoms with Crippen molar-refractivity contribution in [3.8, 4) is 11.1 Å². The standard InChI is InChI=1S/C28H24ClN3/c1-4-8-20-10-7-12-25(29)28(20)21-13-14-23-18(2)32(19(3)31-26(23)15-21)27-17-30-16-22-9-5-6-11-24(22)27/h5-7,9-17,31H,2-4,8H2,1H3. The molecule has 0 fully saturated rings. The van der Waals surface area contributed by atoms with E-state index in [9.17, 15) is 0 Å². The molecule has 0 radical (unpaired) electrons. The van der Waals surface area contributed by atoms with Crippen LogP contribution < -0.4 is 10.2 Å². The first-order valence-electron chi connectivity index (χ1n) is 10.8. The maximum Gasteiger partial charge on any atom is 0.108 e. The SMILES string of the molecule is C=C1Nc2cc(-c3c(Cl)cccc3CCC)ccc2C(=C)N1c1cncc2ccccc12. The normalized spacial score (nSPS) is 13.2. The average molecular weight is 438 g/mol. The summed E-state index contributed by atoms with van der Waals surface area (Å²) in [6.45, 7) is 10.9. The van der Waals surface area contributed by atoms with Gasteiger partial charge in [0.05, 0.1) is 11.9 Å². The Labute approximate surface area is 193 Å². The minimum Gasteiger partial charge on any atom is -0.341 e. The van der Waals surface area contributed by atoms with Gasteiger partial charge in [0.25, 0.3) is 0 Å². The third kappa shape index (κ3) is 3.35. The predicted molar refractivity (Wildman–Crippen MR) is 137 cm³/mol. The summed E-state index contributed by atoms with van der Waals surface area (Å²) in [5.41, 5.74) is 7.26. The number of hydrogen-bond acceptors (Lipinski definition) is 3. The molecule has 4 aromatic rings. The summed E-state index contributed by atoms with van der Waals surface area (Å²) in [5, 5.41) is 6.44. The Morgan fingerprint density at radius 3 is 2.69 bits per heavy atom. The van der Waals surface area contributed by atoms with E-state index >= 15 is 0 Å². The lowest BCUT2D eigenvalue weighted by Gasteiger charge is -2.35. The summed E-state index contributed by atoms with van der Waals surface area (Å²) in [6.07, 6.45) is 5.79. The fourth-order valence-electron chi connectivity index (χ4n) is 4.49. The van der Waals surface area contributed by atoms with Gasteiger partial charge in [0.15, 0.2) is 0 Å². The summed E-state index contributed by atoms with van der Waals surface area (Å²) in [4.78, 5) is 6.47. The largest absolute Gasteiger partial charge is 0.341 e. The Morgan fingerprint density at radius 1 is 1.00 bits per heavy atom. The molecule has 0 aliphatic carbocycles. The van der Waals surface area contributed by atoms with Gasteiger partial charge < -0.3 is 5.32 Å². The van der Waals surface area contributed by atoms with Crippen LogP contribution in [0.25, 0.3) is 27.6 Å². The van der Waals surface area contributed by atoms with Crippen LogP contribution in [0.15, 0.2) is 92.0 Å². The van der Waals surface area contributed by atoms with Gasteiger partial charge in [0, 0.05) is 44.5 Å². The van der Waals surface area contributed by atoms with E-state index in [1.54, 1.807) is 0 Å². The molecule has 0 atom stereocenters. The number of fused-ring (bicyclic) bond motifs is 2. The Balaban J connectivity index is 1.59. The minimum absolute atomic E-state index is 0.741. The number of anilines is 2.